The number of aryl methyl sites for hydroxylation is 1. The summed E-state index contributed by atoms with van der Waals surface area (Å²) in [4.78, 5) is 14.1. The summed E-state index contributed by atoms with van der Waals surface area (Å²) in [5.74, 6) is -0.383. The van der Waals surface area contributed by atoms with Gasteiger partial charge in [0.15, 0.2) is 11.5 Å². The van der Waals surface area contributed by atoms with E-state index in [1.165, 1.54) is 29.5 Å². The number of carbonyl (C=O) groups excluding carboxylic acids is 1. The number of fused-ring (bicyclic) bond motifs is 1. The Labute approximate surface area is 223 Å². The molecule has 9 heteroatoms. The Kier molecular flexibility index (Phi) is 8.45. The smallest absolute Gasteiger partial charge is 0.266 e. The summed E-state index contributed by atoms with van der Waals surface area (Å²) in [5.41, 5.74) is 2.41. The molecular formula is C28H23ClFN3O3S. The number of hydrogen-bond donors (Lipinski definition) is 1. The number of nitrogens with zero attached hydrogens (tertiary/aromatic N) is 2. The molecule has 0 atom stereocenters. The number of nitrogens with one attached hydrogen (secondary N) is 1. The number of hydrogen-bond acceptors (Lipinski definition) is 6. The van der Waals surface area contributed by atoms with Crippen molar-refractivity contribution in [1.82, 2.24) is 0 Å². The summed E-state index contributed by atoms with van der Waals surface area (Å²) in [5, 5.41) is 22.8. The number of rotatable bonds is 8. The Hall–Kier alpha value is -3.85. The first kappa shape index (κ1) is 26.2. The molecular weight excluding hydrogens is 513 g/mol. The molecule has 1 N–H and O–H groups in total. The zero-order valence-electron chi connectivity index (χ0n) is 20.1. The van der Waals surface area contributed by atoms with Crippen molar-refractivity contribution in [2.24, 2.45) is 0 Å². The molecule has 1 aliphatic carbocycles. The fourth-order valence-corrected chi connectivity index (χ4v) is 5.62. The minimum atomic E-state index is -0.613. The Morgan fingerprint density at radius 1 is 1.22 bits per heavy atom. The summed E-state index contributed by atoms with van der Waals surface area (Å²) in [6.45, 7) is 2.20. The Bertz CT molecular complexity index is 1450. The van der Waals surface area contributed by atoms with E-state index in [1.54, 1.807) is 31.2 Å². The van der Waals surface area contributed by atoms with Crippen LogP contribution in [0.4, 0.5) is 9.39 Å². The van der Waals surface area contributed by atoms with Gasteiger partial charge in [-0.1, -0.05) is 23.7 Å². The van der Waals surface area contributed by atoms with Crippen LogP contribution in [0.3, 0.4) is 0 Å². The van der Waals surface area contributed by atoms with Gasteiger partial charge in [-0.3, -0.25) is 4.79 Å². The van der Waals surface area contributed by atoms with Crippen LogP contribution in [0.5, 0.6) is 11.5 Å². The maximum Gasteiger partial charge on any atom is 0.266 e. The van der Waals surface area contributed by atoms with Crippen LogP contribution in [-0.4, -0.2) is 12.5 Å². The minimum Gasteiger partial charge on any atom is -0.490 e. The van der Waals surface area contributed by atoms with Gasteiger partial charge in [0.25, 0.3) is 5.91 Å². The standard InChI is InChI=1S/C28H23ClFN3O3S/c1-2-35-24-13-18(12-23(29)26(24)36-16-17-6-5-7-20(30)11-17)10-19(14-31)27(34)33-28-22(15-32)21-8-3-4-9-25(21)37-28/h5-7,10-13H,2-4,8-9,16H2,1H3,(H,33,34)/b19-10+. The molecule has 0 unspecified atom stereocenters. The summed E-state index contributed by atoms with van der Waals surface area (Å²) in [6.07, 6.45) is 5.18. The largest absolute Gasteiger partial charge is 0.490 e. The highest BCUT2D eigenvalue weighted by atomic mass is 35.5. The first-order valence-corrected chi connectivity index (χ1v) is 12.9. The molecule has 0 fully saturated rings. The van der Waals surface area contributed by atoms with Crippen LogP contribution in [0.15, 0.2) is 42.0 Å². The van der Waals surface area contributed by atoms with E-state index in [0.29, 0.717) is 34.0 Å². The lowest BCUT2D eigenvalue weighted by Gasteiger charge is -2.15. The van der Waals surface area contributed by atoms with E-state index in [2.05, 4.69) is 11.4 Å². The number of carbonyl (C=O) groups is 1. The Morgan fingerprint density at radius 3 is 2.76 bits per heavy atom. The zero-order chi connectivity index (χ0) is 26.4. The molecule has 1 heterocycles. The maximum absolute atomic E-state index is 13.5. The van der Waals surface area contributed by atoms with Crippen molar-refractivity contribution in [3.8, 4) is 23.6 Å². The van der Waals surface area contributed by atoms with Crippen molar-refractivity contribution in [2.45, 2.75) is 39.2 Å². The molecule has 1 aliphatic rings. The quantitative estimate of drug-likeness (QED) is 0.252. The van der Waals surface area contributed by atoms with Gasteiger partial charge < -0.3 is 14.8 Å². The van der Waals surface area contributed by atoms with Crippen LogP contribution < -0.4 is 14.8 Å². The van der Waals surface area contributed by atoms with E-state index < -0.39 is 5.91 Å². The summed E-state index contributed by atoms with van der Waals surface area (Å²) < 4.78 is 25.0. The van der Waals surface area contributed by atoms with E-state index in [-0.39, 0.29) is 28.8 Å². The number of halogens is 2. The molecule has 0 saturated heterocycles. The fourth-order valence-electron chi connectivity index (χ4n) is 4.11. The van der Waals surface area contributed by atoms with Crippen LogP contribution >= 0.6 is 22.9 Å². The average Bonchev–Trinajstić information content (AvgIpc) is 3.23. The van der Waals surface area contributed by atoms with Gasteiger partial charge in [-0.25, -0.2) is 4.39 Å². The zero-order valence-corrected chi connectivity index (χ0v) is 21.6. The number of anilines is 1. The molecule has 3 aromatic rings. The van der Waals surface area contributed by atoms with Crippen LogP contribution in [0, 0.1) is 28.5 Å². The van der Waals surface area contributed by atoms with Crippen molar-refractivity contribution < 1.29 is 18.7 Å². The van der Waals surface area contributed by atoms with Crippen LogP contribution in [-0.2, 0) is 24.2 Å². The van der Waals surface area contributed by atoms with Crippen molar-refractivity contribution in [1.29, 1.82) is 10.5 Å². The molecule has 0 saturated carbocycles. The van der Waals surface area contributed by atoms with E-state index in [4.69, 9.17) is 21.1 Å². The number of thiophene rings is 1. The summed E-state index contributed by atoms with van der Waals surface area (Å²) in [6, 6.07) is 13.3. The summed E-state index contributed by atoms with van der Waals surface area (Å²) >= 11 is 7.87. The maximum atomic E-state index is 13.5. The highest BCUT2D eigenvalue weighted by Crippen LogP contribution is 2.39. The van der Waals surface area contributed by atoms with Crippen LogP contribution in [0.25, 0.3) is 6.08 Å². The number of nitriles is 2. The SMILES string of the molecule is CCOc1cc(/C=C(\C#N)C(=O)Nc2sc3c(c2C#N)CCCC3)cc(Cl)c1OCc1cccc(F)c1. The normalized spacial score (nSPS) is 12.7. The molecule has 1 amide bonds. The second-order valence-electron chi connectivity index (χ2n) is 8.33. The van der Waals surface area contributed by atoms with E-state index >= 15 is 0 Å². The monoisotopic (exact) mass is 535 g/mol. The Morgan fingerprint density at radius 2 is 2.03 bits per heavy atom. The third-order valence-corrected chi connectivity index (χ3v) is 7.28. The number of benzene rings is 2. The molecule has 6 nitrogen and oxygen atoms in total. The lowest BCUT2D eigenvalue weighted by Crippen LogP contribution is -2.13. The molecule has 0 spiro atoms. The van der Waals surface area contributed by atoms with Gasteiger partial charge >= 0.3 is 0 Å². The molecule has 0 radical (unpaired) electrons. The van der Waals surface area contributed by atoms with E-state index in [1.807, 2.05) is 6.07 Å². The minimum absolute atomic E-state index is 0.0740. The van der Waals surface area contributed by atoms with Crippen molar-refractivity contribution >= 4 is 39.9 Å². The van der Waals surface area contributed by atoms with Gasteiger partial charge in [0.05, 0.1) is 17.2 Å². The fraction of sp³-hybridized carbons (Fsp3) is 0.250. The van der Waals surface area contributed by atoms with Gasteiger partial charge in [-0.05, 0) is 79.6 Å². The van der Waals surface area contributed by atoms with Crippen LogP contribution in [0.1, 0.15) is 46.9 Å². The third-order valence-electron chi connectivity index (χ3n) is 5.79. The number of ether oxygens (including phenoxy) is 2. The third kappa shape index (κ3) is 6.11. The number of amides is 1. The lowest BCUT2D eigenvalue weighted by molar-refractivity contribution is -0.112. The Balaban J connectivity index is 1.58. The average molecular weight is 536 g/mol. The molecule has 4 rings (SSSR count). The topological polar surface area (TPSA) is 95.1 Å². The van der Waals surface area contributed by atoms with E-state index in [0.717, 1.165) is 36.1 Å². The lowest BCUT2D eigenvalue weighted by atomic mass is 9.96. The van der Waals surface area contributed by atoms with Crippen LogP contribution in [0.2, 0.25) is 5.02 Å². The molecule has 37 heavy (non-hydrogen) atoms. The highest BCUT2D eigenvalue weighted by Gasteiger charge is 2.23. The first-order chi connectivity index (χ1) is 17.9. The van der Waals surface area contributed by atoms with Crippen molar-refractivity contribution in [3.05, 3.63) is 79.9 Å². The van der Waals surface area contributed by atoms with Gasteiger partial charge in [0, 0.05) is 4.88 Å². The highest BCUT2D eigenvalue weighted by molar-refractivity contribution is 7.16. The van der Waals surface area contributed by atoms with Gasteiger partial charge in [0.1, 0.15) is 35.1 Å². The molecule has 1 aromatic heterocycles. The molecule has 2 aromatic carbocycles. The second-order valence-corrected chi connectivity index (χ2v) is 9.84. The first-order valence-electron chi connectivity index (χ1n) is 11.7. The summed E-state index contributed by atoms with van der Waals surface area (Å²) in [7, 11) is 0. The predicted molar refractivity (Wildman–Crippen MR) is 141 cm³/mol. The van der Waals surface area contributed by atoms with Gasteiger partial charge in [-0.2, -0.15) is 10.5 Å². The molecule has 0 aliphatic heterocycles. The van der Waals surface area contributed by atoms with Crippen molar-refractivity contribution in [3.63, 3.8) is 0 Å². The predicted octanol–water partition coefficient (Wildman–Crippen LogP) is 6.81. The van der Waals surface area contributed by atoms with Gasteiger partial charge in [0.2, 0.25) is 0 Å². The molecule has 0 bridgehead atoms. The van der Waals surface area contributed by atoms with Crippen molar-refractivity contribution in [2.75, 3.05) is 11.9 Å². The van der Waals surface area contributed by atoms with E-state index in [9.17, 15) is 19.7 Å². The van der Waals surface area contributed by atoms with Gasteiger partial charge in [-0.15, -0.1) is 11.3 Å². The molecule has 188 valence electrons. The second kappa shape index (κ2) is 11.9.